The fourth-order valence-electron chi connectivity index (χ4n) is 3.27. The fourth-order valence-corrected chi connectivity index (χ4v) is 4.06. The summed E-state index contributed by atoms with van der Waals surface area (Å²) >= 11 is 1.52. The Morgan fingerprint density at radius 1 is 1.18 bits per heavy atom. The molecule has 1 aliphatic heterocycles. The molecule has 0 bridgehead atoms. The van der Waals surface area contributed by atoms with E-state index in [4.69, 9.17) is 23.0 Å². The van der Waals surface area contributed by atoms with Gasteiger partial charge in [0.05, 0.1) is 18.7 Å². The minimum atomic E-state index is -0.588. The van der Waals surface area contributed by atoms with E-state index in [0.717, 1.165) is 34.3 Å². The summed E-state index contributed by atoms with van der Waals surface area (Å²) in [7, 11) is 0. The number of benzene rings is 1. The van der Waals surface area contributed by atoms with Gasteiger partial charge >= 0.3 is 5.97 Å². The van der Waals surface area contributed by atoms with E-state index in [9.17, 15) is 4.79 Å². The molecule has 0 radical (unpaired) electrons. The van der Waals surface area contributed by atoms with E-state index in [1.54, 1.807) is 0 Å². The van der Waals surface area contributed by atoms with Gasteiger partial charge in [0.25, 0.3) is 0 Å². The number of aromatic nitrogens is 1. The Balaban J connectivity index is 1.36. The average molecular weight is 470 g/mol. The van der Waals surface area contributed by atoms with Crippen LogP contribution in [0.2, 0.25) is 0 Å². The molecule has 0 fully saturated rings. The number of aryl methyl sites for hydroxylation is 1. The van der Waals surface area contributed by atoms with Gasteiger partial charge in [0.2, 0.25) is 12.7 Å². The topological polar surface area (TPSA) is 83.9 Å². The molecule has 174 valence electrons. The summed E-state index contributed by atoms with van der Waals surface area (Å²) in [5.41, 5.74) is 1.65. The van der Waals surface area contributed by atoms with Crippen molar-refractivity contribution in [2.45, 2.75) is 38.9 Å². The van der Waals surface area contributed by atoms with E-state index in [2.05, 4.69) is 4.98 Å². The van der Waals surface area contributed by atoms with Crippen molar-refractivity contribution in [1.82, 2.24) is 4.98 Å². The van der Waals surface area contributed by atoms with E-state index in [1.165, 1.54) is 11.8 Å². The van der Waals surface area contributed by atoms with Crippen LogP contribution in [-0.2, 0) is 16.0 Å². The molecule has 4 rings (SSSR count). The van der Waals surface area contributed by atoms with Crippen LogP contribution in [0.5, 0.6) is 11.5 Å². The third kappa shape index (κ3) is 5.45. The van der Waals surface area contributed by atoms with Crippen molar-refractivity contribution in [1.29, 1.82) is 0 Å². The number of oxazole rings is 1. The molecule has 2 aromatic heterocycles. The van der Waals surface area contributed by atoms with Gasteiger partial charge < -0.3 is 23.0 Å². The van der Waals surface area contributed by atoms with E-state index in [1.807, 2.05) is 70.2 Å². The number of ether oxygens (including phenoxy) is 3. The molecule has 1 aliphatic rings. The third-order valence-electron chi connectivity index (χ3n) is 5.13. The molecular weight excluding hydrogens is 442 g/mol. The standard InChI is InChI=1S/C25H27NO6S/c1-5-28-24(27)25(3,4)33-12-6-7-18-9-10-19(32-18)14-20-16(2)31-23(26-20)17-8-11-21-22(13-17)30-15-29-21/h6-11,13H,5,12,14-15H2,1-4H3/b7-6+. The quantitative estimate of drug-likeness (QED) is 0.372. The molecule has 33 heavy (non-hydrogen) atoms. The van der Waals surface area contributed by atoms with Crippen molar-refractivity contribution < 1.29 is 27.8 Å². The highest BCUT2D eigenvalue weighted by Gasteiger charge is 2.29. The molecule has 0 aliphatic carbocycles. The van der Waals surface area contributed by atoms with Crippen LogP contribution in [0, 0.1) is 6.92 Å². The summed E-state index contributed by atoms with van der Waals surface area (Å²) in [5, 5.41) is 0. The van der Waals surface area contributed by atoms with Crippen molar-refractivity contribution in [2.24, 2.45) is 0 Å². The second kappa shape index (κ2) is 9.79. The zero-order chi connectivity index (χ0) is 23.4. The largest absolute Gasteiger partial charge is 0.465 e. The lowest BCUT2D eigenvalue weighted by molar-refractivity contribution is -0.145. The van der Waals surface area contributed by atoms with Crippen LogP contribution in [0.15, 0.2) is 45.2 Å². The van der Waals surface area contributed by atoms with Crippen LogP contribution in [0.3, 0.4) is 0 Å². The van der Waals surface area contributed by atoms with Gasteiger partial charge in [-0.05, 0) is 64.1 Å². The number of fused-ring (bicyclic) bond motifs is 1. The number of hydrogen-bond acceptors (Lipinski definition) is 8. The molecule has 3 heterocycles. The Hall–Kier alpha value is -3.13. The molecule has 0 saturated carbocycles. The maximum Gasteiger partial charge on any atom is 0.321 e. The molecular formula is C25H27NO6S. The Kier molecular flexibility index (Phi) is 6.83. The first-order valence-corrected chi connectivity index (χ1v) is 11.8. The number of rotatable bonds is 9. The number of thioether (sulfide) groups is 1. The normalized spacial score (nSPS) is 13.1. The third-order valence-corrected chi connectivity index (χ3v) is 6.37. The lowest BCUT2D eigenvalue weighted by Gasteiger charge is -2.20. The first-order chi connectivity index (χ1) is 15.9. The fraction of sp³-hybridized carbons (Fsp3) is 0.360. The number of hydrogen-bond donors (Lipinski definition) is 0. The monoisotopic (exact) mass is 469 g/mol. The minimum absolute atomic E-state index is 0.202. The summed E-state index contributed by atoms with van der Waals surface area (Å²) in [6.07, 6.45) is 4.41. The zero-order valence-electron chi connectivity index (χ0n) is 19.2. The average Bonchev–Trinajstić information content (AvgIpc) is 3.52. The molecule has 0 atom stereocenters. The molecule has 0 amide bonds. The molecule has 0 spiro atoms. The van der Waals surface area contributed by atoms with Gasteiger partial charge in [-0.1, -0.05) is 6.08 Å². The van der Waals surface area contributed by atoms with Crippen LogP contribution in [0.4, 0.5) is 0 Å². The number of carbonyl (C=O) groups is 1. The highest BCUT2D eigenvalue weighted by molar-refractivity contribution is 8.01. The molecule has 7 nitrogen and oxygen atoms in total. The maximum atomic E-state index is 12.0. The van der Waals surface area contributed by atoms with E-state index in [0.29, 0.717) is 30.4 Å². The summed E-state index contributed by atoms with van der Waals surface area (Å²) in [6.45, 7) is 8.05. The Morgan fingerprint density at radius 3 is 2.82 bits per heavy atom. The van der Waals surface area contributed by atoms with Crippen molar-refractivity contribution in [3.05, 3.63) is 59.4 Å². The van der Waals surface area contributed by atoms with Gasteiger partial charge in [0.15, 0.2) is 11.5 Å². The van der Waals surface area contributed by atoms with Gasteiger partial charge in [-0.3, -0.25) is 4.79 Å². The predicted octanol–water partition coefficient (Wildman–Crippen LogP) is 5.65. The molecule has 0 unspecified atom stereocenters. The second-order valence-electron chi connectivity index (χ2n) is 8.01. The van der Waals surface area contributed by atoms with Crippen LogP contribution < -0.4 is 9.47 Å². The predicted molar refractivity (Wildman–Crippen MR) is 127 cm³/mol. The summed E-state index contributed by atoms with van der Waals surface area (Å²) in [5.74, 6) is 4.70. The highest BCUT2D eigenvalue weighted by atomic mass is 32.2. The first-order valence-electron chi connectivity index (χ1n) is 10.8. The van der Waals surface area contributed by atoms with Crippen LogP contribution in [0.25, 0.3) is 17.5 Å². The van der Waals surface area contributed by atoms with Gasteiger partial charge in [0.1, 0.15) is 22.0 Å². The lowest BCUT2D eigenvalue weighted by atomic mass is 10.2. The minimum Gasteiger partial charge on any atom is -0.465 e. The van der Waals surface area contributed by atoms with Crippen molar-refractivity contribution in [3.63, 3.8) is 0 Å². The van der Waals surface area contributed by atoms with Crippen molar-refractivity contribution in [3.8, 4) is 23.0 Å². The molecule has 3 aromatic rings. The lowest BCUT2D eigenvalue weighted by Crippen LogP contribution is -2.30. The molecule has 0 N–H and O–H groups in total. The number of furan rings is 1. The van der Waals surface area contributed by atoms with Gasteiger partial charge in [-0.2, -0.15) is 0 Å². The smallest absolute Gasteiger partial charge is 0.321 e. The van der Waals surface area contributed by atoms with E-state index >= 15 is 0 Å². The van der Waals surface area contributed by atoms with Crippen LogP contribution in [0.1, 0.15) is 43.7 Å². The number of nitrogens with zero attached hydrogens (tertiary/aromatic N) is 1. The summed E-state index contributed by atoms with van der Waals surface area (Å²) < 4.78 is 27.1. The Bertz CT molecular complexity index is 1160. The molecule has 8 heteroatoms. The first kappa shape index (κ1) is 23.0. The van der Waals surface area contributed by atoms with Gasteiger partial charge in [-0.25, -0.2) is 4.98 Å². The van der Waals surface area contributed by atoms with Gasteiger partial charge in [-0.15, -0.1) is 11.8 Å². The Morgan fingerprint density at radius 2 is 2.00 bits per heavy atom. The summed E-state index contributed by atoms with van der Waals surface area (Å²) in [4.78, 5) is 16.6. The zero-order valence-corrected chi connectivity index (χ0v) is 20.0. The van der Waals surface area contributed by atoms with E-state index in [-0.39, 0.29) is 12.8 Å². The SMILES string of the molecule is CCOC(=O)C(C)(C)SC/C=C/c1ccc(Cc2nc(-c3ccc4c(c3)OCO4)oc2C)o1. The van der Waals surface area contributed by atoms with Crippen molar-refractivity contribution in [2.75, 3.05) is 19.2 Å². The van der Waals surface area contributed by atoms with Gasteiger partial charge in [0, 0.05) is 11.3 Å². The summed E-state index contributed by atoms with van der Waals surface area (Å²) in [6, 6.07) is 9.48. The number of esters is 1. The number of carbonyl (C=O) groups excluding carboxylic acids is 1. The molecule has 1 aromatic carbocycles. The van der Waals surface area contributed by atoms with Crippen LogP contribution >= 0.6 is 11.8 Å². The Labute approximate surface area is 197 Å². The van der Waals surface area contributed by atoms with Crippen LogP contribution in [-0.4, -0.2) is 34.9 Å². The van der Waals surface area contributed by atoms with Crippen molar-refractivity contribution >= 4 is 23.8 Å². The maximum absolute atomic E-state index is 12.0. The van der Waals surface area contributed by atoms with E-state index < -0.39 is 4.75 Å². The molecule has 0 saturated heterocycles. The highest BCUT2D eigenvalue weighted by Crippen LogP contribution is 2.36. The second-order valence-corrected chi connectivity index (χ2v) is 9.66.